The second-order valence-corrected chi connectivity index (χ2v) is 7.63. The highest BCUT2D eigenvalue weighted by atomic mass is 16.1. The van der Waals surface area contributed by atoms with Gasteiger partial charge in [0.25, 0.3) is 0 Å². The fourth-order valence-corrected chi connectivity index (χ4v) is 3.31. The smallest absolute Gasteiger partial charge is 0.224 e. The fraction of sp³-hybridized carbons (Fsp3) is 0.708. The first-order chi connectivity index (χ1) is 12.8. The van der Waals surface area contributed by atoms with Gasteiger partial charge < -0.3 is 5.32 Å². The van der Waals surface area contributed by atoms with E-state index in [0.29, 0.717) is 6.42 Å². The van der Waals surface area contributed by atoms with Crippen molar-refractivity contribution in [3.8, 4) is 0 Å². The van der Waals surface area contributed by atoms with E-state index in [-0.39, 0.29) is 5.91 Å². The molecular weight excluding hydrogens is 318 g/mol. The van der Waals surface area contributed by atoms with E-state index in [9.17, 15) is 4.79 Å². The van der Waals surface area contributed by atoms with Gasteiger partial charge in [-0.25, -0.2) is 0 Å². The molecule has 0 aromatic heterocycles. The predicted octanol–water partition coefficient (Wildman–Crippen LogP) is 7.67. The van der Waals surface area contributed by atoms with Gasteiger partial charge in [-0.1, -0.05) is 96.6 Å². The van der Waals surface area contributed by atoms with Crippen LogP contribution in [0, 0.1) is 0 Å². The zero-order valence-electron chi connectivity index (χ0n) is 17.3. The zero-order valence-corrected chi connectivity index (χ0v) is 17.3. The number of carbonyl (C=O) groups is 1. The minimum absolute atomic E-state index is 0.155. The second kappa shape index (κ2) is 15.9. The van der Waals surface area contributed by atoms with E-state index in [1.165, 1.54) is 82.6 Å². The minimum atomic E-state index is 0.155. The summed E-state index contributed by atoms with van der Waals surface area (Å²) in [5.41, 5.74) is 2.29. The maximum absolute atomic E-state index is 12.0. The monoisotopic (exact) mass is 359 g/mol. The molecule has 0 spiro atoms. The van der Waals surface area contributed by atoms with Gasteiger partial charge in [0, 0.05) is 12.1 Å². The third kappa shape index (κ3) is 12.1. The van der Waals surface area contributed by atoms with Crippen LogP contribution in [0.3, 0.4) is 0 Å². The van der Waals surface area contributed by atoms with Gasteiger partial charge in [-0.3, -0.25) is 4.79 Å². The van der Waals surface area contributed by atoms with Gasteiger partial charge in [0.1, 0.15) is 0 Å². The number of hydrogen-bond acceptors (Lipinski definition) is 1. The molecule has 1 aromatic carbocycles. The fourth-order valence-electron chi connectivity index (χ4n) is 3.31. The summed E-state index contributed by atoms with van der Waals surface area (Å²) in [7, 11) is 0. The lowest BCUT2D eigenvalue weighted by atomic mass is 10.1. The molecule has 148 valence electrons. The maximum Gasteiger partial charge on any atom is 0.224 e. The van der Waals surface area contributed by atoms with Crippen molar-refractivity contribution < 1.29 is 4.79 Å². The molecule has 2 nitrogen and oxygen atoms in total. The van der Waals surface area contributed by atoms with Crippen molar-refractivity contribution in [2.24, 2.45) is 0 Å². The normalized spacial score (nSPS) is 10.8. The summed E-state index contributed by atoms with van der Waals surface area (Å²) in [6, 6.07) is 8.33. The quantitative estimate of drug-likeness (QED) is 0.301. The molecule has 1 aromatic rings. The summed E-state index contributed by atoms with van der Waals surface area (Å²) in [6.45, 7) is 4.48. The molecule has 26 heavy (non-hydrogen) atoms. The van der Waals surface area contributed by atoms with Crippen LogP contribution in [-0.2, 0) is 11.2 Å². The third-order valence-corrected chi connectivity index (χ3v) is 5.06. The van der Waals surface area contributed by atoms with E-state index in [1.54, 1.807) is 0 Å². The summed E-state index contributed by atoms with van der Waals surface area (Å²) < 4.78 is 0. The van der Waals surface area contributed by atoms with Gasteiger partial charge in [0.05, 0.1) is 0 Å². The number of nitrogens with one attached hydrogen (secondary N) is 1. The molecule has 1 rings (SSSR count). The van der Waals surface area contributed by atoms with Crippen LogP contribution in [0.2, 0.25) is 0 Å². The molecule has 0 fully saturated rings. The van der Waals surface area contributed by atoms with E-state index in [0.717, 1.165) is 18.5 Å². The lowest BCUT2D eigenvalue weighted by Crippen LogP contribution is -2.11. The van der Waals surface area contributed by atoms with Crippen molar-refractivity contribution in [3.63, 3.8) is 0 Å². The summed E-state index contributed by atoms with van der Waals surface area (Å²) >= 11 is 0. The Balaban J connectivity index is 1.98. The molecule has 0 aliphatic rings. The van der Waals surface area contributed by atoms with E-state index in [1.807, 2.05) is 12.1 Å². The largest absolute Gasteiger partial charge is 0.326 e. The summed E-state index contributed by atoms with van der Waals surface area (Å²) in [5.74, 6) is 0.155. The molecule has 1 amide bonds. The van der Waals surface area contributed by atoms with E-state index in [4.69, 9.17) is 0 Å². The van der Waals surface area contributed by atoms with Crippen LogP contribution in [-0.4, -0.2) is 5.91 Å². The predicted molar refractivity (Wildman–Crippen MR) is 115 cm³/mol. The number of benzene rings is 1. The van der Waals surface area contributed by atoms with Gasteiger partial charge in [0.2, 0.25) is 5.91 Å². The Kier molecular flexibility index (Phi) is 13.9. The molecular formula is C24H41NO. The van der Waals surface area contributed by atoms with Crippen LogP contribution in [0.4, 0.5) is 5.69 Å². The minimum Gasteiger partial charge on any atom is -0.326 e. The Bertz CT molecular complexity index is 452. The molecule has 0 heterocycles. The second-order valence-electron chi connectivity index (χ2n) is 7.63. The molecule has 0 saturated carbocycles. The average molecular weight is 360 g/mol. The summed E-state index contributed by atoms with van der Waals surface area (Å²) in [4.78, 5) is 12.0. The number of carbonyl (C=O) groups excluding carboxylic acids is 1. The number of rotatable bonds is 16. The highest BCUT2D eigenvalue weighted by Gasteiger charge is 2.02. The Morgan fingerprint density at radius 2 is 1.19 bits per heavy atom. The van der Waals surface area contributed by atoms with Gasteiger partial charge in [-0.2, -0.15) is 0 Å². The number of anilines is 1. The van der Waals surface area contributed by atoms with Crippen LogP contribution in [0.15, 0.2) is 24.3 Å². The van der Waals surface area contributed by atoms with E-state index < -0.39 is 0 Å². The molecule has 0 saturated heterocycles. The lowest BCUT2D eigenvalue weighted by molar-refractivity contribution is -0.116. The van der Waals surface area contributed by atoms with Gasteiger partial charge in [-0.05, 0) is 37.0 Å². The van der Waals surface area contributed by atoms with Gasteiger partial charge in [-0.15, -0.1) is 0 Å². The molecule has 0 aliphatic heterocycles. The lowest BCUT2D eigenvalue weighted by Gasteiger charge is -2.07. The van der Waals surface area contributed by atoms with Crippen LogP contribution in [0.5, 0.6) is 0 Å². The molecule has 0 atom stereocenters. The van der Waals surface area contributed by atoms with Gasteiger partial charge >= 0.3 is 0 Å². The highest BCUT2D eigenvalue weighted by molar-refractivity contribution is 5.90. The summed E-state index contributed by atoms with van der Waals surface area (Å²) in [5, 5.41) is 3.02. The van der Waals surface area contributed by atoms with Crippen molar-refractivity contribution >= 4 is 11.6 Å². The SMILES string of the molecule is CCCCCCCCCCCCCC(=O)Nc1ccc(CCCC)cc1. The first-order valence-electron chi connectivity index (χ1n) is 11.1. The molecule has 0 aliphatic carbocycles. The Morgan fingerprint density at radius 1 is 0.692 bits per heavy atom. The maximum atomic E-state index is 12.0. The molecule has 0 radical (unpaired) electrons. The van der Waals surface area contributed by atoms with Gasteiger partial charge in [0.15, 0.2) is 0 Å². The number of amides is 1. The topological polar surface area (TPSA) is 29.1 Å². The molecule has 1 N–H and O–H groups in total. The van der Waals surface area contributed by atoms with Crippen LogP contribution in [0.1, 0.15) is 109 Å². The first kappa shape index (κ1) is 22.7. The van der Waals surface area contributed by atoms with Crippen LogP contribution < -0.4 is 5.32 Å². The van der Waals surface area contributed by atoms with E-state index >= 15 is 0 Å². The number of aryl methyl sites for hydroxylation is 1. The van der Waals surface area contributed by atoms with Crippen molar-refractivity contribution in [1.82, 2.24) is 0 Å². The molecule has 0 unspecified atom stereocenters. The third-order valence-electron chi connectivity index (χ3n) is 5.06. The van der Waals surface area contributed by atoms with Crippen molar-refractivity contribution in [3.05, 3.63) is 29.8 Å². The Morgan fingerprint density at radius 3 is 1.73 bits per heavy atom. The Hall–Kier alpha value is -1.31. The number of unbranched alkanes of at least 4 members (excludes halogenated alkanes) is 11. The van der Waals surface area contributed by atoms with Crippen molar-refractivity contribution in [2.75, 3.05) is 5.32 Å². The van der Waals surface area contributed by atoms with Crippen molar-refractivity contribution in [1.29, 1.82) is 0 Å². The van der Waals surface area contributed by atoms with E-state index in [2.05, 4.69) is 31.3 Å². The Labute approximate surface area is 162 Å². The number of hydrogen-bond donors (Lipinski definition) is 1. The molecule has 2 heteroatoms. The summed E-state index contributed by atoms with van der Waals surface area (Å²) in [6.07, 6.45) is 18.7. The highest BCUT2D eigenvalue weighted by Crippen LogP contribution is 2.14. The van der Waals surface area contributed by atoms with Crippen LogP contribution in [0.25, 0.3) is 0 Å². The average Bonchev–Trinajstić information content (AvgIpc) is 2.65. The first-order valence-corrected chi connectivity index (χ1v) is 11.1. The molecule has 0 bridgehead atoms. The van der Waals surface area contributed by atoms with Crippen LogP contribution >= 0.6 is 0 Å². The zero-order chi connectivity index (χ0) is 18.9. The standard InChI is InChI=1S/C24H41NO/c1-3-5-7-8-9-10-11-12-13-14-15-17-24(26)25-23-20-18-22(19-21-23)16-6-4-2/h18-21H,3-17H2,1-2H3,(H,25,26). The van der Waals surface area contributed by atoms with Crippen molar-refractivity contribution in [2.45, 2.75) is 110 Å².